The van der Waals surface area contributed by atoms with Gasteiger partial charge in [-0.1, -0.05) is 12.1 Å². The van der Waals surface area contributed by atoms with E-state index in [4.69, 9.17) is 9.47 Å². The number of hydrogen-bond acceptors (Lipinski definition) is 5. The van der Waals surface area contributed by atoms with Crippen LogP contribution in [0, 0.1) is 12.8 Å². The minimum Gasteiger partial charge on any atom is -0.493 e. The number of β-amino-alcohol motifs (C(OH)–C–C–N with tert-alkyl or cyclic N) is 1. The van der Waals surface area contributed by atoms with E-state index in [0.29, 0.717) is 13.2 Å². The monoisotopic (exact) mass is 355 g/mol. The van der Waals surface area contributed by atoms with E-state index in [0.717, 1.165) is 48.0 Å². The molecule has 0 amide bonds. The average Bonchev–Trinajstić information content (AvgIpc) is 3.19. The molecule has 26 heavy (non-hydrogen) atoms. The molecule has 2 aliphatic rings. The molecule has 2 aromatic rings. The lowest BCUT2D eigenvalue weighted by molar-refractivity contribution is 0.141. The van der Waals surface area contributed by atoms with Crippen molar-refractivity contribution < 1.29 is 14.6 Å². The fourth-order valence-electron chi connectivity index (χ4n) is 3.89. The maximum Gasteiger partial charge on any atom is 0.168 e. The molecule has 6 heteroatoms. The molecule has 1 saturated heterocycles. The minimum atomic E-state index is -0.315. The molecule has 2 aliphatic heterocycles. The highest BCUT2D eigenvalue weighted by Gasteiger charge is 2.32. The number of hydrogen-bond donors (Lipinski definition) is 2. The Morgan fingerprint density at radius 1 is 1.38 bits per heavy atom. The first-order chi connectivity index (χ1) is 12.6. The molecule has 0 spiro atoms. The highest BCUT2D eigenvalue weighted by molar-refractivity contribution is 5.66. The quantitative estimate of drug-likeness (QED) is 0.859. The van der Waals surface area contributed by atoms with Gasteiger partial charge in [-0.15, -0.1) is 0 Å². The summed E-state index contributed by atoms with van der Waals surface area (Å²) in [6.45, 7) is 4.93. The van der Waals surface area contributed by atoms with Crippen LogP contribution in [0.1, 0.15) is 17.0 Å². The molecule has 0 aliphatic carbocycles. The van der Waals surface area contributed by atoms with Crippen LogP contribution in [0.2, 0.25) is 0 Å². The van der Waals surface area contributed by atoms with Gasteiger partial charge in [0.1, 0.15) is 6.61 Å². The molecule has 1 fully saturated rings. The number of nitrogens with zero attached hydrogens (tertiary/aromatic N) is 2. The summed E-state index contributed by atoms with van der Waals surface area (Å²) in [6, 6.07) is 7.98. The Kier molecular flexibility index (Phi) is 4.70. The van der Waals surface area contributed by atoms with Gasteiger partial charge in [0.15, 0.2) is 11.5 Å². The Morgan fingerprint density at radius 2 is 2.27 bits per heavy atom. The Balaban J connectivity index is 1.41. The van der Waals surface area contributed by atoms with Crippen LogP contribution in [0.15, 0.2) is 29.8 Å². The van der Waals surface area contributed by atoms with E-state index in [1.165, 1.54) is 5.57 Å². The number of aliphatic hydroxyl groups is 1. The van der Waals surface area contributed by atoms with E-state index in [1.54, 1.807) is 7.11 Å². The molecular formula is C20H25N3O3. The van der Waals surface area contributed by atoms with Crippen molar-refractivity contribution in [3.63, 3.8) is 0 Å². The van der Waals surface area contributed by atoms with Gasteiger partial charge >= 0.3 is 0 Å². The van der Waals surface area contributed by atoms with E-state index in [2.05, 4.69) is 27.2 Å². The number of methoxy groups -OCH3 is 1. The van der Waals surface area contributed by atoms with Crippen LogP contribution >= 0.6 is 0 Å². The molecule has 6 nitrogen and oxygen atoms in total. The maximum atomic E-state index is 10.4. The Labute approximate surface area is 153 Å². The first kappa shape index (κ1) is 17.1. The van der Waals surface area contributed by atoms with Gasteiger partial charge < -0.3 is 14.6 Å². The van der Waals surface area contributed by atoms with Crippen molar-refractivity contribution in [2.45, 2.75) is 19.4 Å². The molecule has 1 aromatic carbocycles. The van der Waals surface area contributed by atoms with Crippen molar-refractivity contribution in [3.05, 3.63) is 46.8 Å². The van der Waals surface area contributed by atoms with Gasteiger partial charge in [0.05, 0.1) is 18.9 Å². The van der Waals surface area contributed by atoms with Crippen LogP contribution < -0.4 is 9.47 Å². The standard InChI is InChI=1S/C20H25N3O3/c1-13-6-17(22-21-13)8-16-10-23(11-18(16)24)9-14-7-15-4-3-5-19(25-2)20(15)26-12-14/h3-7,16,18,24H,8-12H2,1-2H3,(H,21,22)/t16-,18-/m1/s1. The molecule has 138 valence electrons. The number of nitrogens with one attached hydrogen (secondary N) is 1. The van der Waals surface area contributed by atoms with Gasteiger partial charge in [-0.3, -0.25) is 10.00 Å². The van der Waals surface area contributed by atoms with Crippen molar-refractivity contribution in [1.29, 1.82) is 0 Å². The van der Waals surface area contributed by atoms with Crippen LogP contribution in [-0.4, -0.2) is 59.7 Å². The number of ether oxygens (including phenoxy) is 2. The molecular weight excluding hydrogens is 330 g/mol. The number of likely N-dealkylation sites (tertiary alicyclic amines) is 1. The van der Waals surface area contributed by atoms with Crippen molar-refractivity contribution >= 4 is 6.08 Å². The molecule has 0 unspecified atom stereocenters. The second-order valence-corrected chi connectivity index (χ2v) is 7.24. The number of fused-ring (bicyclic) bond motifs is 1. The summed E-state index contributed by atoms with van der Waals surface area (Å²) in [6.07, 6.45) is 2.67. The Morgan fingerprint density at radius 3 is 3.04 bits per heavy atom. The Hall–Kier alpha value is -2.31. The van der Waals surface area contributed by atoms with Crippen LogP contribution in [0.4, 0.5) is 0 Å². The summed E-state index contributed by atoms with van der Waals surface area (Å²) in [5, 5.41) is 17.7. The lowest BCUT2D eigenvalue weighted by Gasteiger charge is -2.23. The average molecular weight is 355 g/mol. The summed E-state index contributed by atoms with van der Waals surface area (Å²) in [4.78, 5) is 2.30. The lowest BCUT2D eigenvalue weighted by Crippen LogP contribution is -2.27. The molecule has 2 N–H and O–H groups in total. The third-order valence-electron chi connectivity index (χ3n) is 5.13. The number of rotatable bonds is 5. The van der Waals surface area contributed by atoms with Crippen LogP contribution in [0.5, 0.6) is 11.5 Å². The van der Waals surface area contributed by atoms with Crippen molar-refractivity contribution in [2.24, 2.45) is 5.92 Å². The maximum absolute atomic E-state index is 10.4. The fraction of sp³-hybridized carbons (Fsp3) is 0.450. The highest BCUT2D eigenvalue weighted by atomic mass is 16.5. The predicted octanol–water partition coefficient (Wildman–Crippen LogP) is 2.04. The van der Waals surface area contributed by atoms with Gasteiger partial charge in [-0.2, -0.15) is 5.10 Å². The number of aliphatic hydroxyl groups excluding tert-OH is 1. The SMILES string of the molecule is COc1cccc2c1OCC(CN1C[C@@H](Cc3cc(C)[nH]n3)[C@H](O)C1)=C2. The molecule has 0 radical (unpaired) electrons. The van der Waals surface area contributed by atoms with Crippen LogP contribution in [0.3, 0.4) is 0 Å². The predicted molar refractivity (Wildman–Crippen MR) is 99.4 cm³/mol. The zero-order valence-corrected chi connectivity index (χ0v) is 15.2. The highest BCUT2D eigenvalue weighted by Crippen LogP contribution is 2.35. The number of aromatic nitrogens is 2. The largest absolute Gasteiger partial charge is 0.493 e. The minimum absolute atomic E-state index is 0.218. The number of benzene rings is 1. The topological polar surface area (TPSA) is 70.6 Å². The van der Waals surface area contributed by atoms with Crippen molar-refractivity contribution in [1.82, 2.24) is 15.1 Å². The molecule has 2 atom stereocenters. The summed E-state index contributed by atoms with van der Waals surface area (Å²) >= 11 is 0. The molecule has 3 heterocycles. The molecule has 0 bridgehead atoms. The molecule has 4 rings (SSSR count). The summed E-state index contributed by atoms with van der Waals surface area (Å²) < 4.78 is 11.3. The normalized spacial score (nSPS) is 22.7. The first-order valence-corrected chi connectivity index (χ1v) is 9.03. The van der Waals surface area contributed by atoms with Gasteiger partial charge in [-0.25, -0.2) is 0 Å². The van der Waals surface area contributed by atoms with Gasteiger partial charge in [0.25, 0.3) is 0 Å². The van der Waals surface area contributed by atoms with Crippen molar-refractivity contribution in [2.75, 3.05) is 33.4 Å². The zero-order valence-electron chi connectivity index (χ0n) is 15.2. The summed E-state index contributed by atoms with van der Waals surface area (Å²) in [5.74, 6) is 1.80. The van der Waals surface area contributed by atoms with E-state index in [9.17, 15) is 5.11 Å². The number of aryl methyl sites for hydroxylation is 1. The third-order valence-corrected chi connectivity index (χ3v) is 5.13. The zero-order chi connectivity index (χ0) is 18.1. The van der Waals surface area contributed by atoms with Gasteiger partial charge in [0.2, 0.25) is 0 Å². The second-order valence-electron chi connectivity index (χ2n) is 7.24. The van der Waals surface area contributed by atoms with Crippen molar-refractivity contribution in [3.8, 4) is 11.5 Å². The third kappa shape index (κ3) is 3.48. The lowest BCUT2D eigenvalue weighted by atomic mass is 10.00. The summed E-state index contributed by atoms with van der Waals surface area (Å²) in [7, 11) is 1.66. The Bertz CT molecular complexity index is 814. The second kappa shape index (κ2) is 7.13. The van der Waals surface area contributed by atoms with Crippen LogP contribution in [0.25, 0.3) is 6.08 Å². The van der Waals surface area contributed by atoms with E-state index >= 15 is 0 Å². The van der Waals surface area contributed by atoms with E-state index in [1.807, 2.05) is 25.1 Å². The smallest absolute Gasteiger partial charge is 0.168 e. The molecule has 0 saturated carbocycles. The van der Waals surface area contributed by atoms with Crippen LogP contribution in [-0.2, 0) is 6.42 Å². The summed E-state index contributed by atoms with van der Waals surface area (Å²) in [5.41, 5.74) is 4.35. The first-order valence-electron chi connectivity index (χ1n) is 9.03. The van der Waals surface area contributed by atoms with E-state index in [-0.39, 0.29) is 12.0 Å². The number of para-hydroxylation sites is 1. The number of aromatic amines is 1. The number of H-pyrrole nitrogens is 1. The fourth-order valence-corrected chi connectivity index (χ4v) is 3.89. The van der Waals surface area contributed by atoms with Gasteiger partial charge in [-0.05, 0) is 37.1 Å². The van der Waals surface area contributed by atoms with Gasteiger partial charge in [0, 0.05) is 36.8 Å². The molecule has 1 aromatic heterocycles. The van der Waals surface area contributed by atoms with E-state index < -0.39 is 0 Å².